The standard InChI is InChI=1S/C16H25NO2/c1-3-10-17-12-14-5-4-6-15(18-2)16(14)19-11-9-13-7-8-13/h4-6,13,17H,3,7-12H2,1-2H3. The van der Waals surface area contributed by atoms with Crippen LogP contribution < -0.4 is 14.8 Å². The van der Waals surface area contributed by atoms with Gasteiger partial charge < -0.3 is 14.8 Å². The van der Waals surface area contributed by atoms with E-state index in [1.807, 2.05) is 12.1 Å². The lowest BCUT2D eigenvalue weighted by atomic mass is 10.1. The highest BCUT2D eigenvalue weighted by atomic mass is 16.5. The molecule has 0 aliphatic heterocycles. The van der Waals surface area contributed by atoms with Crippen molar-refractivity contribution in [1.82, 2.24) is 5.32 Å². The molecular weight excluding hydrogens is 238 g/mol. The van der Waals surface area contributed by atoms with Crippen molar-refractivity contribution in [2.45, 2.75) is 39.2 Å². The van der Waals surface area contributed by atoms with E-state index in [9.17, 15) is 0 Å². The first-order valence-electron chi connectivity index (χ1n) is 7.34. The Morgan fingerprint density at radius 3 is 2.84 bits per heavy atom. The fourth-order valence-corrected chi connectivity index (χ4v) is 2.16. The zero-order valence-corrected chi connectivity index (χ0v) is 12.1. The maximum absolute atomic E-state index is 5.98. The molecule has 0 spiro atoms. The molecule has 1 N–H and O–H groups in total. The van der Waals surface area contributed by atoms with Crippen molar-refractivity contribution in [2.24, 2.45) is 5.92 Å². The summed E-state index contributed by atoms with van der Waals surface area (Å²) in [6, 6.07) is 6.10. The van der Waals surface area contributed by atoms with Gasteiger partial charge in [0.05, 0.1) is 13.7 Å². The van der Waals surface area contributed by atoms with Crippen molar-refractivity contribution in [3.05, 3.63) is 23.8 Å². The van der Waals surface area contributed by atoms with E-state index in [1.54, 1.807) is 7.11 Å². The van der Waals surface area contributed by atoms with E-state index in [4.69, 9.17) is 9.47 Å². The van der Waals surface area contributed by atoms with Gasteiger partial charge in [0.1, 0.15) is 0 Å². The number of benzene rings is 1. The highest BCUT2D eigenvalue weighted by Crippen LogP contribution is 2.34. The van der Waals surface area contributed by atoms with Gasteiger partial charge in [0.25, 0.3) is 0 Å². The van der Waals surface area contributed by atoms with Gasteiger partial charge in [0.15, 0.2) is 11.5 Å². The molecule has 0 radical (unpaired) electrons. The summed E-state index contributed by atoms with van der Waals surface area (Å²) in [5.41, 5.74) is 1.18. The minimum absolute atomic E-state index is 0.797. The Morgan fingerprint density at radius 2 is 2.16 bits per heavy atom. The molecule has 0 atom stereocenters. The van der Waals surface area contributed by atoms with Crippen LogP contribution in [0.5, 0.6) is 11.5 Å². The topological polar surface area (TPSA) is 30.5 Å². The Kier molecular flexibility index (Phi) is 5.52. The van der Waals surface area contributed by atoms with Gasteiger partial charge in [-0.1, -0.05) is 31.9 Å². The van der Waals surface area contributed by atoms with Crippen LogP contribution >= 0.6 is 0 Å². The Hall–Kier alpha value is -1.22. The van der Waals surface area contributed by atoms with Gasteiger partial charge in [-0.25, -0.2) is 0 Å². The quantitative estimate of drug-likeness (QED) is 0.693. The summed E-state index contributed by atoms with van der Waals surface area (Å²) in [6.45, 7) is 4.83. The molecule has 1 aliphatic rings. The molecular formula is C16H25NO2. The van der Waals surface area contributed by atoms with Gasteiger partial charge in [-0.3, -0.25) is 0 Å². The molecule has 1 aromatic carbocycles. The zero-order valence-electron chi connectivity index (χ0n) is 12.1. The van der Waals surface area contributed by atoms with Gasteiger partial charge in [-0.2, -0.15) is 0 Å². The van der Waals surface area contributed by atoms with Crippen molar-refractivity contribution in [1.29, 1.82) is 0 Å². The van der Waals surface area contributed by atoms with E-state index < -0.39 is 0 Å². The van der Waals surface area contributed by atoms with Gasteiger partial charge in [0.2, 0.25) is 0 Å². The van der Waals surface area contributed by atoms with Crippen LogP contribution in [-0.2, 0) is 6.54 Å². The van der Waals surface area contributed by atoms with E-state index in [2.05, 4.69) is 18.3 Å². The normalized spacial score (nSPS) is 14.4. The lowest BCUT2D eigenvalue weighted by molar-refractivity contribution is 0.279. The van der Waals surface area contributed by atoms with Crippen molar-refractivity contribution < 1.29 is 9.47 Å². The summed E-state index contributed by atoms with van der Waals surface area (Å²) in [5.74, 6) is 2.65. The van der Waals surface area contributed by atoms with Crippen LogP contribution in [0.2, 0.25) is 0 Å². The Morgan fingerprint density at radius 1 is 1.32 bits per heavy atom. The number of methoxy groups -OCH3 is 1. The first kappa shape index (κ1) is 14.2. The highest BCUT2D eigenvalue weighted by molar-refractivity contribution is 5.46. The lowest BCUT2D eigenvalue weighted by Crippen LogP contribution is -2.15. The summed E-state index contributed by atoms with van der Waals surface area (Å²) in [5, 5.41) is 3.42. The zero-order chi connectivity index (χ0) is 13.5. The molecule has 0 bridgehead atoms. The fraction of sp³-hybridized carbons (Fsp3) is 0.625. The van der Waals surface area contributed by atoms with Crippen molar-refractivity contribution in [3.63, 3.8) is 0 Å². The monoisotopic (exact) mass is 263 g/mol. The highest BCUT2D eigenvalue weighted by Gasteiger charge is 2.21. The smallest absolute Gasteiger partial charge is 0.165 e. The van der Waals surface area contributed by atoms with Crippen LogP contribution in [0, 0.1) is 5.92 Å². The molecule has 106 valence electrons. The van der Waals surface area contributed by atoms with Gasteiger partial charge in [0, 0.05) is 12.1 Å². The number of nitrogens with one attached hydrogen (secondary N) is 1. The predicted molar refractivity (Wildman–Crippen MR) is 77.8 cm³/mol. The van der Waals surface area contributed by atoms with Gasteiger partial charge >= 0.3 is 0 Å². The molecule has 1 aromatic rings. The average Bonchev–Trinajstić information content (AvgIpc) is 3.24. The van der Waals surface area contributed by atoms with Gasteiger partial charge in [-0.15, -0.1) is 0 Å². The molecule has 0 aromatic heterocycles. The molecule has 0 saturated heterocycles. The molecule has 0 amide bonds. The van der Waals surface area contributed by atoms with Crippen LogP contribution in [0.25, 0.3) is 0 Å². The van der Waals surface area contributed by atoms with Crippen LogP contribution in [-0.4, -0.2) is 20.3 Å². The molecule has 1 aliphatic carbocycles. The third-order valence-corrected chi connectivity index (χ3v) is 3.49. The second kappa shape index (κ2) is 7.39. The molecule has 0 heterocycles. The third kappa shape index (κ3) is 4.43. The summed E-state index contributed by atoms with van der Waals surface area (Å²) < 4.78 is 11.4. The summed E-state index contributed by atoms with van der Waals surface area (Å²) in [6.07, 6.45) is 5.06. The summed E-state index contributed by atoms with van der Waals surface area (Å²) in [7, 11) is 1.70. The second-order valence-electron chi connectivity index (χ2n) is 5.21. The number of hydrogen-bond acceptors (Lipinski definition) is 3. The molecule has 19 heavy (non-hydrogen) atoms. The van der Waals surface area contributed by atoms with Crippen LogP contribution in [0.1, 0.15) is 38.2 Å². The van der Waals surface area contributed by atoms with E-state index in [0.29, 0.717) is 0 Å². The van der Waals surface area contributed by atoms with Crippen molar-refractivity contribution >= 4 is 0 Å². The molecule has 1 saturated carbocycles. The van der Waals surface area contributed by atoms with Crippen molar-refractivity contribution in [2.75, 3.05) is 20.3 Å². The lowest BCUT2D eigenvalue weighted by Gasteiger charge is -2.15. The van der Waals surface area contributed by atoms with E-state index in [0.717, 1.165) is 43.5 Å². The molecule has 2 rings (SSSR count). The number of hydrogen-bond donors (Lipinski definition) is 1. The number of ether oxygens (including phenoxy) is 2. The summed E-state index contributed by atoms with van der Waals surface area (Å²) in [4.78, 5) is 0. The van der Waals surface area contributed by atoms with Crippen LogP contribution in [0.3, 0.4) is 0 Å². The van der Waals surface area contributed by atoms with Crippen molar-refractivity contribution in [3.8, 4) is 11.5 Å². The Balaban J connectivity index is 1.97. The Bertz CT molecular complexity index is 388. The number of para-hydroxylation sites is 1. The summed E-state index contributed by atoms with van der Waals surface area (Å²) >= 11 is 0. The second-order valence-corrected chi connectivity index (χ2v) is 5.21. The molecule has 3 heteroatoms. The van der Waals surface area contributed by atoms with Gasteiger partial charge in [-0.05, 0) is 31.4 Å². The first-order valence-corrected chi connectivity index (χ1v) is 7.34. The third-order valence-electron chi connectivity index (χ3n) is 3.49. The first-order chi connectivity index (χ1) is 9.35. The van der Waals surface area contributed by atoms with E-state index in [-0.39, 0.29) is 0 Å². The minimum Gasteiger partial charge on any atom is -0.493 e. The van der Waals surface area contributed by atoms with E-state index in [1.165, 1.54) is 24.8 Å². The fourth-order valence-electron chi connectivity index (χ4n) is 2.16. The SMILES string of the molecule is CCCNCc1cccc(OC)c1OCCC1CC1. The molecule has 1 fully saturated rings. The maximum Gasteiger partial charge on any atom is 0.165 e. The predicted octanol–water partition coefficient (Wildman–Crippen LogP) is 3.37. The van der Waals surface area contributed by atoms with E-state index >= 15 is 0 Å². The van der Waals surface area contributed by atoms with Crippen LogP contribution in [0.15, 0.2) is 18.2 Å². The average molecular weight is 263 g/mol. The molecule has 3 nitrogen and oxygen atoms in total. The Labute approximate surface area is 116 Å². The number of rotatable bonds is 9. The van der Waals surface area contributed by atoms with Crippen LogP contribution in [0.4, 0.5) is 0 Å². The maximum atomic E-state index is 5.98. The molecule has 0 unspecified atom stereocenters. The minimum atomic E-state index is 0.797. The largest absolute Gasteiger partial charge is 0.493 e.